The van der Waals surface area contributed by atoms with Crippen LogP contribution in [0, 0.1) is 0 Å². The second-order valence-corrected chi connectivity index (χ2v) is 5.16. The summed E-state index contributed by atoms with van der Waals surface area (Å²) in [5.74, 6) is 1.21. The molecule has 1 nitrogen and oxygen atoms in total. The van der Waals surface area contributed by atoms with E-state index in [1.165, 1.54) is 30.6 Å². The van der Waals surface area contributed by atoms with E-state index in [-0.39, 0.29) is 0 Å². The lowest BCUT2D eigenvalue weighted by atomic mass is 10.1. The van der Waals surface area contributed by atoms with Gasteiger partial charge in [0.2, 0.25) is 0 Å². The Morgan fingerprint density at radius 3 is 2.62 bits per heavy atom. The Kier molecular flexibility index (Phi) is 7.35. The van der Waals surface area contributed by atoms with Gasteiger partial charge in [-0.1, -0.05) is 30.3 Å². The van der Waals surface area contributed by atoms with E-state index >= 15 is 0 Å². The fourth-order valence-electron chi connectivity index (χ4n) is 1.76. The number of benzene rings is 1. The molecule has 1 N–H and O–H groups in total. The Hall–Kier alpha value is -0.470. The lowest BCUT2D eigenvalue weighted by molar-refractivity contribution is 0.563. The zero-order valence-corrected chi connectivity index (χ0v) is 11.2. The van der Waals surface area contributed by atoms with Crippen molar-refractivity contribution >= 4 is 11.8 Å². The molecule has 0 aromatic heterocycles. The van der Waals surface area contributed by atoms with E-state index in [9.17, 15) is 0 Å². The van der Waals surface area contributed by atoms with Crippen LogP contribution < -0.4 is 5.32 Å². The van der Waals surface area contributed by atoms with Gasteiger partial charge in [0, 0.05) is 11.8 Å². The highest BCUT2D eigenvalue weighted by molar-refractivity contribution is 7.98. The van der Waals surface area contributed by atoms with Crippen LogP contribution in [0.3, 0.4) is 0 Å². The van der Waals surface area contributed by atoms with Crippen molar-refractivity contribution in [2.75, 3.05) is 18.6 Å². The maximum atomic E-state index is 3.55. The highest BCUT2D eigenvalue weighted by Crippen LogP contribution is 2.04. The topological polar surface area (TPSA) is 12.0 Å². The molecule has 0 bridgehead atoms. The number of thioether (sulfide) groups is 1. The van der Waals surface area contributed by atoms with Crippen LogP contribution in [0.2, 0.25) is 0 Å². The van der Waals surface area contributed by atoms with Crippen molar-refractivity contribution in [3.63, 3.8) is 0 Å². The Bertz CT molecular complexity index is 261. The molecule has 2 heteroatoms. The first-order valence-corrected chi connectivity index (χ1v) is 7.48. The molecule has 1 unspecified atom stereocenters. The van der Waals surface area contributed by atoms with Gasteiger partial charge in [-0.2, -0.15) is 11.8 Å². The van der Waals surface area contributed by atoms with Crippen molar-refractivity contribution in [2.24, 2.45) is 0 Å². The van der Waals surface area contributed by atoms with Crippen molar-refractivity contribution in [1.29, 1.82) is 0 Å². The third-order valence-electron chi connectivity index (χ3n) is 2.64. The summed E-state index contributed by atoms with van der Waals surface area (Å²) in [5.41, 5.74) is 1.46. The number of unbranched alkanes of at least 4 members (excludes halogenated alkanes) is 1. The summed E-state index contributed by atoms with van der Waals surface area (Å²) in [5, 5.41) is 3.55. The highest BCUT2D eigenvalue weighted by Gasteiger charge is 1.98. The Morgan fingerprint density at radius 1 is 1.19 bits per heavy atom. The third-order valence-corrected chi connectivity index (χ3v) is 3.48. The molecule has 0 amide bonds. The average molecular weight is 237 g/mol. The van der Waals surface area contributed by atoms with Crippen LogP contribution in [0.25, 0.3) is 0 Å². The van der Waals surface area contributed by atoms with Crippen LogP contribution in [0.1, 0.15) is 25.3 Å². The molecule has 1 aromatic rings. The summed E-state index contributed by atoms with van der Waals surface area (Å²) in [4.78, 5) is 0. The zero-order valence-electron chi connectivity index (χ0n) is 10.4. The maximum Gasteiger partial charge on any atom is 0.0129 e. The first-order chi connectivity index (χ1) is 7.83. The first-order valence-electron chi connectivity index (χ1n) is 6.09. The van der Waals surface area contributed by atoms with E-state index in [2.05, 4.69) is 48.8 Å². The van der Waals surface area contributed by atoms with Gasteiger partial charge >= 0.3 is 0 Å². The summed E-state index contributed by atoms with van der Waals surface area (Å²) in [6.07, 6.45) is 5.92. The van der Waals surface area contributed by atoms with E-state index in [1.54, 1.807) is 0 Å². The number of nitrogens with one attached hydrogen (secondary N) is 1. The van der Waals surface area contributed by atoms with Gasteiger partial charge in [0.1, 0.15) is 0 Å². The van der Waals surface area contributed by atoms with Gasteiger partial charge in [-0.3, -0.25) is 0 Å². The fourth-order valence-corrected chi connectivity index (χ4v) is 2.37. The minimum absolute atomic E-state index is 0.645. The highest BCUT2D eigenvalue weighted by atomic mass is 32.2. The predicted molar refractivity (Wildman–Crippen MR) is 75.2 cm³/mol. The summed E-state index contributed by atoms with van der Waals surface area (Å²) in [6.45, 7) is 3.41. The van der Waals surface area contributed by atoms with Crippen LogP contribution in [-0.4, -0.2) is 24.6 Å². The molecular formula is C14H23NS. The molecule has 0 heterocycles. The summed E-state index contributed by atoms with van der Waals surface area (Å²) >= 11 is 1.91. The van der Waals surface area contributed by atoms with Crippen molar-refractivity contribution in [1.82, 2.24) is 5.32 Å². The zero-order chi connectivity index (χ0) is 11.6. The second-order valence-electron chi connectivity index (χ2n) is 4.25. The van der Waals surface area contributed by atoms with Crippen molar-refractivity contribution < 1.29 is 0 Å². The molecule has 1 aromatic carbocycles. The van der Waals surface area contributed by atoms with E-state index < -0.39 is 0 Å². The largest absolute Gasteiger partial charge is 0.313 e. The van der Waals surface area contributed by atoms with Crippen LogP contribution >= 0.6 is 11.8 Å². The minimum Gasteiger partial charge on any atom is -0.313 e. The monoisotopic (exact) mass is 237 g/mol. The molecule has 1 rings (SSSR count). The normalized spacial score (nSPS) is 12.6. The van der Waals surface area contributed by atoms with Gasteiger partial charge in [0.25, 0.3) is 0 Å². The molecule has 0 saturated heterocycles. The number of rotatable bonds is 8. The van der Waals surface area contributed by atoms with E-state index in [0.717, 1.165) is 6.54 Å². The maximum absolute atomic E-state index is 3.55. The molecule has 0 aliphatic carbocycles. The second kappa shape index (κ2) is 8.66. The molecule has 90 valence electrons. The predicted octanol–water partition coefficient (Wildman–Crippen LogP) is 3.35. The molecular weight excluding hydrogens is 214 g/mol. The minimum atomic E-state index is 0.645. The van der Waals surface area contributed by atoms with Crippen molar-refractivity contribution in [3.8, 4) is 0 Å². The molecule has 0 spiro atoms. The van der Waals surface area contributed by atoms with Gasteiger partial charge in [0.05, 0.1) is 0 Å². The van der Waals surface area contributed by atoms with Gasteiger partial charge < -0.3 is 5.32 Å². The SMILES string of the molecule is CSCC(C)NCCCCc1ccccc1. The molecule has 0 aliphatic rings. The van der Waals surface area contributed by atoms with Gasteiger partial charge in [-0.15, -0.1) is 0 Å². The molecule has 1 atom stereocenters. The van der Waals surface area contributed by atoms with Crippen molar-refractivity contribution in [2.45, 2.75) is 32.2 Å². The lowest BCUT2D eigenvalue weighted by Crippen LogP contribution is -2.29. The van der Waals surface area contributed by atoms with Gasteiger partial charge in [0.15, 0.2) is 0 Å². The Balaban J connectivity index is 2.00. The molecule has 0 fully saturated rings. The smallest absolute Gasteiger partial charge is 0.0129 e. The summed E-state index contributed by atoms with van der Waals surface area (Å²) in [7, 11) is 0. The molecule has 16 heavy (non-hydrogen) atoms. The third kappa shape index (κ3) is 6.19. The van der Waals surface area contributed by atoms with Crippen LogP contribution in [-0.2, 0) is 6.42 Å². The van der Waals surface area contributed by atoms with Gasteiger partial charge in [-0.05, 0) is 44.6 Å². The van der Waals surface area contributed by atoms with Gasteiger partial charge in [-0.25, -0.2) is 0 Å². The van der Waals surface area contributed by atoms with E-state index in [1.807, 2.05) is 11.8 Å². The van der Waals surface area contributed by atoms with Crippen LogP contribution in [0.4, 0.5) is 0 Å². The first kappa shape index (κ1) is 13.6. The van der Waals surface area contributed by atoms with E-state index in [4.69, 9.17) is 0 Å². The van der Waals surface area contributed by atoms with Crippen molar-refractivity contribution in [3.05, 3.63) is 35.9 Å². The average Bonchev–Trinajstić information content (AvgIpc) is 2.30. The summed E-state index contributed by atoms with van der Waals surface area (Å²) in [6, 6.07) is 11.4. The molecule has 0 aliphatic heterocycles. The molecule has 0 saturated carbocycles. The van der Waals surface area contributed by atoms with Crippen LogP contribution in [0.5, 0.6) is 0 Å². The Labute approximate surface area is 104 Å². The Morgan fingerprint density at radius 2 is 1.94 bits per heavy atom. The van der Waals surface area contributed by atoms with E-state index in [0.29, 0.717) is 6.04 Å². The number of hydrogen-bond acceptors (Lipinski definition) is 2. The summed E-state index contributed by atoms with van der Waals surface area (Å²) < 4.78 is 0. The van der Waals surface area contributed by atoms with Crippen LogP contribution in [0.15, 0.2) is 30.3 Å². The number of aryl methyl sites for hydroxylation is 1. The fraction of sp³-hybridized carbons (Fsp3) is 0.571. The lowest BCUT2D eigenvalue weighted by Gasteiger charge is -2.11. The number of hydrogen-bond donors (Lipinski definition) is 1. The molecule has 0 radical (unpaired) electrons. The quantitative estimate of drug-likeness (QED) is 0.696. The standard InChI is InChI=1S/C14H23NS/c1-13(12-16-2)15-11-7-6-10-14-8-4-3-5-9-14/h3-5,8-9,13,15H,6-7,10-12H2,1-2H3.